The van der Waals surface area contributed by atoms with Crippen LogP contribution in [0.3, 0.4) is 0 Å². The maximum atomic E-state index is 5.49. The molecule has 0 saturated heterocycles. The molecule has 0 bridgehead atoms. The van der Waals surface area contributed by atoms with Crippen LogP contribution < -0.4 is 0 Å². The van der Waals surface area contributed by atoms with Gasteiger partial charge in [-0.25, -0.2) is 0 Å². The molecule has 0 aliphatic heterocycles. The molecule has 0 amide bonds. The van der Waals surface area contributed by atoms with E-state index in [1.807, 2.05) is 6.08 Å². The predicted octanol–water partition coefficient (Wildman–Crippen LogP) is 2.53. The van der Waals surface area contributed by atoms with E-state index in [0.717, 1.165) is 0 Å². The number of allylic oxidation sites excluding steroid dienone is 1. The monoisotopic (exact) mass is 240 g/mol. The van der Waals surface area contributed by atoms with Gasteiger partial charge in [-0.3, -0.25) is 0 Å². The summed E-state index contributed by atoms with van der Waals surface area (Å²) in [5, 5.41) is 0. The van der Waals surface area contributed by atoms with Crippen LogP contribution in [0.2, 0.25) is 0 Å². The Hall–Kier alpha value is 0.853. The fourth-order valence-electron chi connectivity index (χ4n) is 0.162. The minimum absolute atomic E-state index is 0.517. The van der Waals surface area contributed by atoms with Crippen LogP contribution in [0.5, 0.6) is 0 Å². The summed E-state index contributed by atoms with van der Waals surface area (Å²) in [6.07, 6.45) is 1.92. The fourth-order valence-corrected chi connectivity index (χ4v) is 1.49. The van der Waals surface area contributed by atoms with Crippen LogP contribution in [0.25, 0.3) is 0 Å². The van der Waals surface area contributed by atoms with E-state index in [9.17, 15) is 0 Å². The van der Waals surface area contributed by atoms with Crippen LogP contribution >= 0.6 is 19.4 Å². The molecule has 0 N–H and O–H groups in total. The molecule has 3 heteroatoms. The van der Waals surface area contributed by atoms with Crippen LogP contribution in [0, 0.1) is 5.92 Å². The van der Waals surface area contributed by atoms with Gasteiger partial charge in [0.05, 0.1) is 0 Å². The van der Waals surface area contributed by atoms with Gasteiger partial charge >= 0.3 is 63.0 Å². The molecular formula is C5H8Cl2Ru. The Balaban J connectivity index is 3.82. The molecule has 0 unspecified atom stereocenters. The van der Waals surface area contributed by atoms with Gasteiger partial charge in [-0.05, 0) is 0 Å². The fraction of sp³-hybridized carbons (Fsp3) is 0.600. The van der Waals surface area contributed by atoms with Crippen molar-refractivity contribution in [3.8, 4) is 0 Å². The summed E-state index contributed by atoms with van der Waals surface area (Å²) in [5.74, 6) is 0.517. The van der Waals surface area contributed by atoms with Gasteiger partial charge in [0.25, 0.3) is 0 Å². The Labute approximate surface area is 63.0 Å². The van der Waals surface area contributed by atoms with Crippen molar-refractivity contribution >= 4 is 23.6 Å². The molecule has 50 valence electrons. The zero-order valence-corrected chi connectivity index (χ0v) is 8.01. The average Bonchev–Trinajstić information content (AvgIpc) is 1.61. The van der Waals surface area contributed by atoms with E-state index in [0.29, 0.717) is 5.92 Å². The zero-order valence-electron chi connectivity index (χ0n) is 4.76. The van der Waals surface area contributed by atoms with Crippen LogP contribution in [0.15, 0.2) is 6.08 Å². The summed E-state index contributed by atoms with van der Waals surface area (Å²) in [7, 11) is 11.0. The molecule has 0 rings (SSSR count). The van der Waals surface area contributed by atoms with Crippen LogP contribution in [-0.4, -0.2) is 4.26 Å². The van der Waals surface area contributed by atoms with E-state index in [2.05, 4.69) is 18.1 Å². The van der Waals surface area contributed by atoms with Gasteiger partial charge in [0.15, 0.2) is 0 Å². The molecule has 0 radical (unpaired) electrons. The predicted molar refractivity (Wildman–Crippen MR) is 36.1 cm³/mol. The molecule has 0 atom stereocenters. The summed E-state index contributed by atoms with van der Waals surface area (Å²) in [4.78, 5) is 0. The summed E-state index contributed by atoms with van der Waals surface area (Å²) in [6, 6.07) is 0. The third-order valence-corrected chi connectivity index (χ3v) is 2.05. The molecule has 0 heterocycles. The number of rotatable bonds is 1. The first-order valence-corrected chi connectivity index (χ1v) is 7.57. The Kier molecular flexibility index (Phi) is 5.21. The number of halogens is 2. The van der Waals surface area contributed by atoms with E-state index in [1.54, 1.807) is 0 Å². The van der Waals surface area contributed by atoms with E-state index < -0.39 is 13.5 Å². The van der Waals surface area contributed by atoms with Crippen molar-refractivity contribution in [3.63, 3.8) is 0 Å². The molecule has 0 spiro atoms. The minimum atomic E-state index is -1.62. The second-order valence-electron chi connectivity index (χ2n) is 1.70. The van der Waals surface area contributed by atoms with Gasteiger partial charge in [-0.2, -0.15) is 0 Å². The Morgan fingerprint density at radius 1 is 1.50 bits per heavy atom. The topological polar surface area (TPSA) is 0 Å². The van der Waals surface area contributed by atoms with Gasteiger partial charge in [0.1, 0.15) is 0 Å². The number of hydrogen-bond acceptors (Lipinski definition) is 0. The van der Waals surface area contributed by atoms with Gasteiger partial charge < -0.3 is 0 Å². The van der Waals surface area contributed by atoms with Crippen LogP contribution in [0.1, 0.15) is 13.8 Å². The van der Waals surface area contributed by atoms with Crippen molar-refractivity contribution in [2.24, 2.45) is 5.92 Å². The number of hydrogen-bond donors (Lipinski definition) is 0. The van der Waals surface area contributed by atoms with Gasteiger partial charge in [-0.1, -0.05) is 0 Å². The van der Waals surface area contributed by atoms with Crippen molar-refractivity contribution in [1.82, 2.24) is 0 Å². The molecule has 8 heavy (non-hydrogen) atoms. The summed E-state index contributed by atoms with van der Waals surface area (Å²) >= 11 is -1.62. The van der Waals surface area contributed by atoms with Crippen molar-refractivity contribution in [3.05, 3.63) is 6.08 Å². The molecule has 0 aromatic heterocycles. The van der Waals surface area contributed by atoms with E-state index in [1.165, 1.54) is 0 Å². The van der Waals surface area contributed by atoms with E-state index in [4.69, 9.17) is 19.4 Å². The third kappa shape index (κ3) is 6.85. The molecule has 0 aromatic rings. The molecule has 0 nitrogen and oxygen atoms in total. The first kappa shape index (κ1) is 8.85. The summed E-state index contributed by atoms with van der Waals surface area (Å²) in [5.41, 5.74) is 0. The second kappa shape index (κ2) is 4.71. The summed E-state index contributed by atoms with van der Waals surface area (Å²) < 4.78 is 2.89. The molecule has 0 aliphatic rings. The molecule has 0 aliphatic carbocycles. The van der Waals surface area contributed by atoms with E-state index in [-0.39, 0.29) is 0 Å². The van der Waals surface area contributed by atoms with Crippen molar-refractivity contribution < 1.29 is 13.5 Å². The van der Waals surface area contributed by atoms with Gasteiger partial charge in [-0.15, -0.1) is 0 Å². The maximum absolute atomic E-state index is 5.49. The Bertz CT molecular complexity index is 118. The van der Waals surface area contributed by atoms with E-state index >= 15 is 0 Å². The second-order valence-corrected chi connectivity index (χ2v) is 7.08. The Morgan fingerprint density at radius 3 is 2.12 bits per heavy atom. The first-order valence-electron chi connectivity index (χ1n) is 2.22. The SMILES string of the molecule is CC(C)C=[C]=[Ru]([Cl])[Cl]. The van der Waals surface area contributed by atoms with Gasteiger partial charge in [0.2, 0.25) is 0 Å². The third-order valence-electron chi connectivity index (χ3n) is 0.469. The van der Waals surface area contributed by atoms with Crippen molar-refractivity contribution in [1.29, 1.82) is 0 Å². The quantitative estimate of drug-likeness (QED) is 0.618. The molecule has 0 aromatic carbocycles. The molecular weight excluding hydrogens is 232 g/mol. The summed E-state index contributed by atoms with van der Waals surface area (Å²) in [6.45, 7) is 4.14. The zero-order chi connectivity index (χ0) is 6.57. The van der Waals surface area contributed by atoms with Crippen molar-refractivity contribution in [2.45, 2.75) is 13.8 Å². The normalized spacial score (nSPS) is 10.9. The Morgan fingerprint density at radius 2 is 2.00 bits per heavy atom. The standard InChI is InChI=1S/C5H8.2ClH.Ru/c1-4-5(2)3;;;/h4-5H,2-3H3;2*1H;/q;;;+2/p-2. The van der Waals surface area contributed by atoms with Crippen LogP contribution in [0.4, 0.5) is 0 Å². The first-order chi connectivity index (χ1) is 3.63. The molecule has 0 saturated carbocycles. The van der Waals surface area contributed by atoms with Gasteiger partial charge in [0, 0.05) is 0 Å². The molecule has 0 fully saturated rings. The average molecular weight is 240 g/mol. The van der Waals surface area contributed by atoms with Crippen LogP contribution in [-0.2, 0) is 13.5 Å². The van der Waals surface area contributed by atoms with Crippen molar-refractivity contribution in [2.75, 3.05) is 0 Å².